The van der Waals surface area contributed by atoms with Gasteiger partial charge >= 0.3 is 0 Å². The van der Waals surface area contributed by atoms with Crippen LogP contribution in [0.15, 0.2) is 0 Å². The van der Waals surface area contributed by atoms with E-state index in [0.29, 0.717) is 12.0 Å². The van der Waals surface area contributed by atoms with Crippen molar-refractivity contribution in [2.24, 2.45) is 17.6 Å². The van der Waals surface area contributed by atoms with E-state index in [1.165, 1.54) is 45.3 Å². The minimum atomic E-state index is 0.352. The zero-order valence-corrected chi connectivity index (χ0v) is 10.5. The van der Waals surface area contributed by atoms with Gasteiger partial charge in [-0.15, -0.1) is 0 Å². The van der Waals surface area contributed by atoms with Crippen LogP contribution in [0.5, 0.6) is 0 Å². The van der Waals surface area contributed by atoms with Crippen molar-refractivity contribution >= 4 is 0 Å². The Balaban J connectivity index is 1.75. The number of hydrogen-bond acceptors (Lipinski definition) is 3. The van der Waals surface area contributed by atoms with Crippen molar-refractivity contribution < 1.29 is 4.74 Å². The van der Waals surface area contributed by atoms with Crippen molar-refractivity contribution in [3.05, 3.63) is 0 Å². The molecule has 2 aliphatic rings. The molecule has 2 N–H and O–H groups in total. The topological polar surface area (TPSA) is 38.5 Å². The van der Waals surface area contributed by atoms with Crippen LogP contribution in [0.4, 0.5) is 0 Å². The van der Waals surface area contributed by atoms with Gasteiger partial charge in [-0.3, -0.25) is 0 Å². The summed E-state index contributed by atoms with van der Waals surface area (Å²) in [6.45, 7) is 7.79. The Morgan fingerprint density at radius 2 is 2.25 bits per heavy atom. The fourth-order valence-corrected chi connectivity index (χ4v) is 3.00. The third-order valence-corrected chi connectivity index (χ3v) is 4.06. The third-order valence-electron chi connectivity index (χ3n) is 4.06. The molecule has 2 fully saturated rings. The van der Waals surface area contributed by atoms with Crippen molar-refractivity contribution in [3.8, 4) is 0 Å². The van der Waals surface area contributed by atoms with Gasteiger partial charge in [0.2, 0.25) is 0 Å². The van der Waals surface area contributed by atoms with Crippen molar-refractivity contribution in [1.82, 2.24) is 4.90 Å². The zero-order chi connectivity index (χ0) is 11.4. The van der Waals surface area contributed by atoms with Crippen LogP contribution in [-0.4, -0.2) is 43.8 Å². The predicted molar refractivity (Wildman–Crippen MR) is 66.4 cm³/mol. The lowest BCUT2D eigenvalue weighted by atomic mass is 9.91. The predicted octanol–water partition coefficient (Wildman–Crippen LogP) is 1.47. The first-order valence-electron chi connectivity index (χ1n) is 6.81. The Morgan fingerprint density at radius 3 is 2.94 bits per heavy atom. The number of rotatable bonds is 3. The molecule has 0 aromatic rings. The second-order valence-corrected chi connectivity index (χ2v) is 5.60. The maximum absolute atomic E-state index is 6.01. The first kappa shape index (κ1) is 12.3. The summed E-state index contributed by atoms with van der Waals surface area (Å²) in [6.07, 6.45) is 5.23. The lowest BCUT2D eigenvalue weighted by Gasteiger charge is -2.37. The molecule has 0 saturated carbocycles. The van der Waals surface area contributed by atoms with E-state index in [9.17, 15) is 0 Å². The van der Waals surface area contributed by atoms with Gasteiger partial charge in [-0.2, -0.15) is 0 Å². The number of nitrogens with zero attached hydrogens (tertiary/aromatic N) is 1. The number of ether oxygens (including phenoxy) is 1. The van der Waals surface area contributed by atoms with Gasteiger partial charge in [0.25, 0.3) is 0 Å². The van der Waals surface area contributed by atoms with Crippen LogP contribution in [0.2, 0.25) is 0 Å². The van der Waals surface area contributed by atoms with E-state index in [-0.39, 0.29) is 0 Å². The monoisotopic (exact) mass is 226 g/mol. The Labute approximate surface area is 99.3 Å². The van der Waals surface area contributed by atoms with Crippen molar-refractivity contribution in [2.75, 3.05) is 32.8 Å². The summed E-state index contributed by atoms with van der Waals surface area (Å²) in [5.41, 5.74) is 6.01. The van der Waals surface area contributed by atoms with Crippen LogP contribution in [-0.2, 0) is 4.74 Å². The Morgan fingerprint density at radius 1 is 1.38 bits per heavy atom. The van der Waals surface area contributed by atoms with Gasteiger partial charge in [-0.25, -0.2) is 0 Å². The molecule has 3 atom stereocenters. The molecule has 3 heteroatoms. The highest BCUT2D eigenvalue weighted by Crippen LogP contribution is 2.22. The molecule has 0 radical (unpaired) electrons. The van der Waals surface area contributed by atoms with E-state index in [0.717, 1.165) is 19.1 Å². The van der Waals surface area contributed by atoms with Gasteiger partial charge < -0.3 is 15.4 Å². The third kappa shape index (κ3) is 3.44. The molecular weight excluding hydrogens is 200 g/mol. The highest BCUT2D eigenvalue weighted by atomic mass is 16.5. The lowest BCUT2D eigenvalue weighted by Crippen LogP contribution is -2.44. The maximum atomic E-state index is 6.01. The van der Waals surface area contributed by atoms with E-state index in [2.05, 4.69) is 11.8 Å². The van der Waals surface area contributed by atoms with Crippen molar-refractivity contribution in [1.29, 1.82) is 0 Å². The second-order valence-electron chi connectivity index (χ2n) is 5.60. The number of piperidine rings is 1. The van der Waals surface area contributed by atoms with Crippen molar-refractivity contribution in [2.45, 2.75) is 38.6 Å². The summed E-state index contributed by atoms with van der Waals surface area (Å²) >= 11 is 0. The van der Waals surface area contributed by atoms with Crippen LogP contribution >= 0.6 is 0 Å². The number of hydrogen-bond donors (Lipinski definition) is 1. The lowest BCUT2D eigenvalue weighted by molar-refractivity contribution is 0.0300. The summed E-state index contributed by atoms with van der Waals surface area (Å²) in [4.78, 5) is 2.61. The summed E-state index contributed by atoms with van der Waals surface area (Å²) in [6, 6.07) is 0.352. The minimum Gasteiger partial charge on any atom is -0.381 e. The van der Waals surface area contributed by atoms with E-state index >= 15 is 0 Å². The zero-order valence-electron chi connectivity index (χ0n) is 10.5. The Hall–Kier alpha value is -0.120. The molecule has 0 amide bonds. The van der Waals surface area contributed by atoms with Crippen LogP contribution in [0, 0.1) is 11.8 Å². The smallest absolute Gasteiger partial charge is 0.0506 e. The molecule has 2 saturated heterocycles. The molecule has 16 heavy (non-hydrogen) atoms. The van der Waals surface area contributed by atoms with Crippen LogP contribution in [0.25, 0.3) is 0 Å². The first-order chi connectivity index (χ1) is 7.75. The average Bonchev–Trinajstić information content (AvgIpc) is 2.30. The normalized spacial score (nSPS) is 34.9. The average molecular weight is 226 g/mol. The molecule has 0 aromatic carbocycles. The summed E-state index contributed by atoms with van der Waals surface area (Å²) < 4.78 is 5.55. The number of likely N-dealkylation sites (tertiary alicyclic amines) is 1. The van der Waals surface area contributed by atoms with Gasteiger partial charge in [-0.1, -0.05) is 0 Å². The molecule has 3 unspecified atom stereocenters. The Kier molecular flexibility index (Phi) is 4.62. The maximum Gasteiger partial charge on any atom is 0.0506 e. The highest BCUT2D eigenvalue weighted by Gasteiger charge is 2.25. The molecule has 94 valence electrons. The molecule has 0 aliphatic carbocycles. The molecule has 0 spiro atoms. The summed E-state index contributed by atoms with van der Waals surface area (Å²) in [5, 5.41) is 0. The fraction of sp³-hybridized carbons (Fsp3) is 1.00. The van der Waals surface area contributed by atoms with Crippen molar-refractivity contribution in [3.63, 3.8) is 0 Å². The van der Waals surface area contributed by atoms with Gasteiger partial charge in [0.1, 0.15) is 0 Å². The second kappa shape index (κ2) is 5.99. The van der Waals surface area contributed by atoms with Gasteiger partial charge in [0.15, 0.2) is 0 Å². The van der Waals surface area contributed by atoms with Gasteiger partial charge in [-0.05, 0) is 51.0 Å². The van der Waals surface area contributed by atoms with Crippen LogP contribution in [0.3, 0.4) is 0 Å². The molecule has 3 nitrogen and oxygen atoms in total. The van der Waals surface area contributed by atoms with E-state index in [1.807, 2.05) is 0 Å². The molecular formula is C13H26N2O. The molecule has 2 aliphatic heterocycles. The quantitative estimate of drug-likeness (QED) is 0.792. The van der Waals surface area contributed by atoms with E-state index < -0.39 is 0 Å². The van der Waals surface area contributed by atoms with Gasteiger partial charge in [0, 0.05) is 25.7 Å². The van der Waals surface area contributed by atoms with Crippen LogP contribution in [0.1, 0.15) is 32.6 Å². The summed E-state index contributed by atoms with van der Waals surface area (Å²) in [7, 11) is 0. The largest absolute Gasteiger partial charge is 0.381 e. The molecule has 2 rings (SSSR count). The molecule has 0 bridgehead atoms. The summed E-state index contributed by atoms with van der Waals surface area (Å²) in [5.74, 6) is 1.47. The van der Waals surface area contributed by atoms with E-state index in [1.54, 1.807) is 0 Å². The van der Waals surface area contributed by atoms with E-state index in [4.69, 9.17) is 10.5 Å². The highest BCUT2D eigenvalue weighted by molar-refractivity contribution is 4.80. The fourth-order valence-electron chi connectivity index (χ4n) is 3.00. The Bertz CT molecular complexity index is 202. The first-order valence-corrected chi connectivity index (χ1v) is 6.81. The van der Waals surface area contributed by atoms with Gasteiger partial charge in [0.05, 0.1) is 6.61 Å². The molecule has 0 aromatic heterocycles. The van der Waals surface area contributed by atoms with Crippen LogP contribution < -0.4 is 5.73 Å². The minimum absolute atomic E-state index is 0.352. The standard InChI is InChI=1S/C13H26N2O/c1-11(14)13-5-2-6-15(9-13)8-12-4-3-7-16-10-12/h11-13H,2-10,14H2,1H3. The number of nitrogens with two attached hydrogens (primary N) is 1. The molecule has 2 heterocycles. The SMILES string of the molecule is CC(N)C1CCCN(CC2CCCOC2)C1.